The molecule has 1 heterocycles. The fourth-order valence-electron chi connectivity index (χ4n) is 2.02. The molecule has 0 radical (unpaired) electrons. The molecule has 0 atom stereocenters. The Morgan fingerprint density at radius 2 is 1.83 bits per heavy atom. The van der Waals surface area contributed by atoms with Crippen molar-refractivity contribution < 1.29 is 13.7 Å². The lowest BCUT2D eigenvalue weighted by Crippen LogP contribution is -2.15. The van der Waals surface area contributed by atoms with Gasteiger partial charge in [-0.05, 0) is 43.3 Å². The molecular formula is C17H14FN3O2. The summed E-state index contributed by atoms with van der Waals surface area (Å²) in [4.78, 5) is 16.1. The first-order valence-electron chi connectivity index (χ1n) is 7.05. The molecule has 3 rings (SSSR count). The Kier molecular flexibility index (Phi) is 4.14. The molecule has 0 unspecified atom stereocenters. The van der Waals surface area contributed by atoms with E-state index in [4.69, 9.17) is 4.52 Å². The van der Waals surface area contributed by atoms with Gasteiger partial charge in [-0.3, -0.25) is 4.79 Å². The maximum atomic E-state index is 12.8. The third kappa shape index (κ3) is 3.79. The number of aryl methyl sites for hydroxylation is 1. The van der Waals surface area contributed by atoms with Gasteiger partial charge in [0.2, 0.25) is 5.91 Å². The van der Waals surface area contributed by atoms with Gasteiger partial charge in [0, 0.05) is 11.3 Å². The minimum absolute atomic E-state index is 0.0211. The van der Waals surface area contributed by atoms with Crippen LogP contribution in [-0.2, 0) is 11.2 Å². The minimum Gasteiger partial charge on any atom is -0.334 e. The standard InChI is InChI=1S/C17H14FN3O2/c1-11-2-4-12(5-3-11)17-20-15(21-23-17)10-16(22)19-14-8-6-13(18)7-9-14/h2-9H,10H2,1H3,(H,19,22). The molecule has 0 aliphatic heterocycles. The monoisotopic (exact) mass is 311 g/mol. The van der Waals surface area contributed by atoms with Crippen LogP contribution in [0.3, 0.4) is 0 Å². The van der Waals surface area contributed by atoms with Crippen molar-refractivity contribution in [2.45, 2.75) is 13.3 Å². The zero-order valence-electron chi connectivity index (χ0n) is 12.4. The first-order valence-corrected chi connectivity index (χ1v) is 7.05. The van der Waals surface area contributed by atoms with Crippen LogP contribution in [0.15, 0.2) is 53.1 Å². The number of carbonyl (C=O) groups excluding carboxylic acids is 1. The molecule has 0 aliphatic carbocycles. The normalized spacial score (nSPS) is 10.5. The topological polar surface area (TPSA) is 68.0 Å². The van der Waals surface area contributed by atoms with Crippen molar-refractivity contribution in [3.05, 3.63) is 65.7 Å². The minimum atomic E-state index is -0.357. The average Bonchev–Trinajstić information content (AvgIpc) is 2.98. The highest BCUT2D eigenvalue weighted by molar-refractivity contribution is 5.91. The maximum Gasteiger partial charge on any atom is 0.257 e. The van der Waals surface area contributed by atoms with E-state index >= 15 is 0 Å². The van der Waals surface area contributed by atoms with Crippen molar-refractivity contribution in [1.82, 2.24) is 10.1 Å². The number of rotatable bonds is 4. The Morgan fingerprint density at radius 3 is 2.52 bits per heavy atom. The van der Waals surface area contributed by atoms with Gasteiger partial charge in [0.1, 0.15) is 5.82 Å². The molecule has 116 valence electrons. The first-order chi connectivity index (χ1) is 11.1. The van der Waals surface area contributed by atoms with Crippen LogP contribution in [0.25, 0.3) is 11.5 Å². The largest absolute Gasteiger partial charge is 0.334 e. The van der Waals surface area contributed by atoms with Crippen LogP contribution >= 0.6 is 0 Å². The van der Waals surface area contributed by atoms with E-state index in [-0.39, 0.29) is 18.1 Å². The van der Waals surface area contributed by atoms with Crippen LogP contribution in [0.2, 0.25) is 0 Å². The number of benzene rings is 2. The van der Waals surface area contributed by atoms with Crippen LogP contribution in [0.4, 0.5) is 10.1 Å². The van der Waals surface area contributed by atoms with Crippen LogP contribution < -0.4 is 5.32 Å². The van der Waals surface area contributed by atoms with Gasteiger partial charge in [0.25, 0.3) is 5.89 Å². The highest BCUT2D eigenvalue weighted by Crippen LogP contribution is 2.18. The zero-order chi connectivity index (χ0) is 16.2. The van der Waals surface area contributed by atoms with Crippen molar-refractivity contribution in [3.63, 3.8) is 0 Å². The maximum absolute atomic E-state index is 12.8. The Bertz CT molecular complexity index is 811. The van der Waals surface area contributed by atoms with Gasteiger partial charge in [0.15, 0.2) is 5.82 Å². The molecule has 0 bridgehead atoms. The highest BCUT2D eigenvalue weighted by atomic mass is 19.1. The Morgan fingerprint density at radius 1 is 1.13 bits per heavy atom. The lowest BCUT2D eigenvalue weighted by molar-refractivity contribution is -0.115. The third-order valence-corrected chi connectivity index (χ3v) is 3.21. The highest BCUT2D eigenvalue weighted by Gasteiger charge is 2.12. The summed E-state index contributed by atoms with van der Waals surface area (Å²) in [5, 5.41) is 6.45. The van der Waals surface area contributed by atoms with Gasteiger partial charge in [-0.25, -0.2) is 4.39 Å². The molecule has 0 spiro atoms. The molecule has 0 saturated carbocycles. The zero-order valence-corrected chi connectivity index (χ0v) is 12.4. The van der Waals surface area contributed by atoms with Crippen molar-refractivity contribution in [3.8, 4) is 11.5 Å². The smallest absolute Gasteiger partial charge is 0.257 e. The summed E-state index contributed by atoms with van der Waals surface area (Å²) < 4.78 is 18.0. The van der Waals surface area contributed by atoms with Gasteiger partial charge in [-0.2, -0.15) is 4.98 Å². The van der Waals surface area contributed by atoms with Crippen LogP contribution in [0.1, 0.15) is 11.4 Å². The van der Waals surface area contributed by atoms with E-state index in [0.717, 1.165) is 11.1 Å². The van der Waals surface area contributed by atoms with E-state index in [9.17, 15) is 9.18 Å². The van der Waals surface area contributed by atoms with E-state index in [0.29, 0.717) is 17.4 Å². The Hall–Kier alpha value is -3.02. The summed E-state index contributed by atoms with van der Waals surface area (Å²) in [6.07, 6.45) is -0.0211. The first kappa shape index (κ1) is 14.9. The SMILES string of the molecule is Cc1ccc(-c2nc(CC(=O)Nc3ccc(F)cc3)no2)cc1. The number of carbonyl (C=O) groups is 1. The molecule has 2 aromatic carbocycles. The summed E-state index contributed by atoms with van der Waals surface area (Å²) >= 11 is 0. The number of amides is 1. The summed E-state index contributed by atoms with van der Waals surface area (Å²) in [5.74, 6) is 0.00606. The second-order valence-corrected chi connectivity index (χ2v) is 5.11. The van der Waals surface area contributed by atoms with E-state index in [1.54, 1.807) is 0 Å². The number of aromatic nitrogens is 2. The van der Waals surface area contributed by atoms with Crippen molar-refractivity contribution in [1.29, 1.82) is 0 Å². The van der Waals surface area contributed by atoms with Crippen molar-refractivity contribution in [2.24, 2.45) is 0 Å². The lowest BCUT2D eigenvalue weighted by atomic mass is 10.1. The number of hydrogen-bond donors (Lipinski definition) is 1. The predicted octanol–water partition coefficient (Wildman–Crippen LogP) is 3.37. The van der Waals surface area contributed by atoms with E-state index in [1.807, 2.05) is 31.2 Å². The molecule has 3 aromatic rings. The average molecular weight is 311 g/mol. The number of anilines is 1. The quantitative estimate of drug-likeness (QED) is 0.802. The number of nitrogens with one attached hydrogen (secondary N) is 1. The van der Waals surface area contributed by atoms with E-state index < -0.39 is 0 Å². The van der Waals surface area contributed by atoms with Crippen LogP contribution in [-0.4, -0.2) is 16.0 Å². The van der Waals surface area contributed by atoms with Gasteiger partial charge in [-0.15, -0.1) is 0 Å². The Labute approximate surface area is 132 Å². The van der Waals surface area contributed by atoms with Crippen LogP contribution in [0.5, 0.6) is 0 Å². The summed E-state index contributed by atoms with van der Waals surface area (Å²) in [6, 6.07) is 13.2. The van der Waals surface area contributed by atoms with Crippen molar-refractivity contribution in [2.75, 3.05) is 5.32 Å². The number of nitrogens with zero attached hydrogens (tertiary/aromatic N) is 2. The molecule has 23 heavy (non-hydrogen) atoms. The third-order valence-electron chi connectivity index (χ3n) is 3.21. The van der Waals surface area contributed by atoms with E-state index in [1.165, 1.54) is 24.3 Å². The summed E-state index contributed by atoms with van der Waals surface area (Å²) in [6.45, 7) is 1.99. The van der Waals surface area contributed by atoms with Gasteiger partial charge in [0.05, 0.1) is 6.42 Å². The molecule has 6 heteroatoms. The predicted molar refractivity (Wildman–Crippen MR) is 83.2 cm³/mol. The van der Waals surface area contributed by atoms with E-state index in [2.05, 4.69) is 15.5 Å². The molecule has 0 fully saturated rings. The second kappa shape index (κ2) is 6.39. The van der Waals surface area contributed by atoms with Gasteiger partial charge in [-0.1, -0.05) is 22.9 Å². The Balaban J connectivity index is 1.65. The summed E-state index contributed by atoms with van der Waals surface area (Å²) in [7, 11) is 0. The molecular weight excluding hydrogens is 297 g/mol. The number of hydrogen-bond acceptors (Lipinski definition) is 4. The summed E-state index contributed by atoms with van der Waals surface area (Å²) in [5.41, 5.74) is 2.44. The lowest BCUT2D eigenvalue weighted by Gasteiger charge is -2.02. The second-order valence-electron chi connectivity index (χ2n) is 5.11. The van der Waals surface area contributed by atoms with Crippen LogP contribution in [0, 0.1) is 12.7 Å². The van der Waals surface area contributed by atoms with Gasteiger partial charge >= 0.3 is 0 Å². The molecule has 1 aromatic heterocycles. The molecule has 0 saturated heterocycles. The molecule has 1 amide bonds. The van der Waals surface area contributed by atoms with Crippen molar-refractivity contribution >= 4 is 11.6 Å². The molecule has 1 N–H and O–H groups in total. The fourth-order valence-corrected chi connectivity index (χ4v) is 2.02. The fraction of sp³-hybridized carbons (Fsp3) is 0.118. The number of halogens is 1. The molecule has 0 aliphatic rings. The molecule has 5 nitrogen and oxygen atoms in total. The van der Waals surface area contributed by atoms with Gasteiger partial charge < -0.3 is 9.84 Å².